The summed E-state index contributed by atoms with van der Waals surface area (Å²) >= 11 is 0. The highest BCUT2D eigenvalue weighted by Crippen LogP contribution is 2.06. The maximum Gasteiger partial charge on any atom is 0.407 e. The van der Waals surface area contributed by atoms with Crippen molar-refractivity contribution in [1.82, 2.24) is 5.32 Å². The number of rotatable bonds is 6. The second-order valence-electron chi connectivity index (χ2n) is 3.56. The van der Waals surface area contributed by atoms with Gasteiger partial charge in [0, 0.05) is 26.6 Å². The van der Waals surface area contributed by atoms with Gasteiger partial charge in [0.15, 0.2) is 0 Å². The van der Waals surface area contributed by atoms with Crippen molar-refractivity contribution < 1.29 is 33.1 Å². The molecule has 5 heteroatoms. The molecule has 5 nitrogen and oxygen atoms in total. The van der Waals surface area contributed by atoms with E-state index in [1.165, 1.54) is 26.1 Å². The Balaban J connectivity index is 5.96. The van der Waals surface area contributed by atoms with Crippen molar-refractivity contribution >= 4 is 12.1 Å². The summed E-state index contributed by atoms with van der Waals surface area (Å²) in [6.07, 6.45) is -17.3. The van der Waals surface area contributed by atoms with Gasteiger partial charge in [-0.2, -0.15) is 0 Å². The number of nitrogens with one attached hydrogen (secondary N) is 1. The number of ether oxygens (including phenoxy) is 1. The number of hydrogen-bond donors (Lipinski definition) is 2. The Morgan fingerprint density at radius 1 is 1.31 bits per heavy atom. The molecule has 0 aromatic carbocycles. The lowest BCUT2D eigenvalue weighted by molar-refractivity contribution is -0.137. The number of carboxylic acid groups (broad SMARTS) is 1. The third-order valence-electron chi connectivity index (χ3n) is 0.920. The third kappa shape index (κ3) is 10.8. The monoisotopic (exact) mass is 241 g/mol. The maximum absolute atomic E-state index is 11.7. The van der Waals surface area contributed by atoms with Crippen LogP contribution in [0.5, 0.6) is 0 Å². The van der Waals surface area contributed by atoms with Gasteiger partial charge in [0.2, 0.25) is 0 Å². The molecule has 1 amide bonds. The van der Waals surface area contributed by atoms with E-state index in [1.54, 1.807) is 0 Å². The largest absolute Gasteiger partial charge is 0.481 e. The molecule has 16 heavy (non-hydrogen) atoms. The van der Waals surface area contributed by atoms with Crippen LogP contribution in [0.25, 0.3) is 0 Å². The molecule has 0 atom stereocenters. The molecule has 0 aromatic rings. The van der Waals surface area contributed by atoms with Crippen molar-refractivity contribution in [3.05, 3.63) is 0 Å². The van der Waals surface area contributed by atoms with Crippen molar-refractivity contribution in [3.8, 4) is 0 Å². The van der Waals surface area contributed by atoms with Crippen LogP contribution in [0.2, 0.25) is 0 Å². The molecule has 2 N–H and O–H groups in total. The minimum absolute atomic E-state index is 1.10. The van der Waals surface area contributed by atoms with Crippen LogP contribution < -0.4 is 5.32 Å². The lowest BCUT2D eigenvalue weighted by atomic mass is 10.2. The quantitative estimate of drug-likeness (QED) is 0.747. The normalized spacial score (nSPS) is 24.7. The summed E-state index contributed by atoms with van der Waals surface area (Å²) in [6.45, 7) is 0.697. The first-order valence-corrected chi connectivity index (χ1v) is 4.29. The van der Waals surface area contributed by atoms with Crippen LogP contribution in [0.15, 0.2) is 0 Å². The SMILES string of the molecule is [2H]C([2H])(NC(=O)OC(C)(C)C)C([2H])([2H])C([2H])([2H])C([2H])([2H])C([2H])([2H])C(=O)O. The Hall–Kier alpha value is -1.26. The van der Waals surface area contributed by atoms with Gasteiger partial charge in [-0.1, -0.05) is 6.37 Å². The molecule has 0 spiro atoms. The Bertz CT molecular complexity index is 570. The van der Waals surface area contributed by atoms with E-state index in [2.05, 4.69) is 0 Å². The smallest absolute Gasteiger partial charge is 0.407 e. The topological polar surface area (TPSA) is 75.6 Å². The average molecular weight is 241 g/mol. The van der Waals surface area contributed by atoms with E-state index < -0.39 is 49.7 Å². The molecule has 0 saturated carbocycles. The number of alkyl carbamates (subject to hydrolysis) is 1. The molecule has 0 radical (unpaired) electrons. The average Bonchev–Trinajstić information content (AvgIpc) is 2.34. The zero-order valence-corrected chi connectivity index (χ0v) is 9.17. The standard InChI is InChI=1S/C11H21NO4/c1-11(2,3)16-10(15)12-8-6-4-5-7-9(13)14/h4-8H2,1-3H3,(H,12,15)(H,13,14)/i4D2,5D2,6D2,7D2,8D2. The van der Waals surface area contributed by atoms with Gasteiger partial charge in [0.25, 0.3) is 0 Å². The molecule has 0 aliphatic rings. The summed E-state index contributed by atoms with van der Waals surface area (Å²) < 4.78 is 80.1. The van der Waals surface area contributed by atoms with Crippen molar-refractivity contribution in [2.45, 2.75) is 51.9 Å². The highest BCUT2D eigenvalue weighted by Gasteiger charge is 2.15. The van der Waals surface area contributed by atoms with E-state index in [4.69, 9.17) is 23.6 Å². The lowest BCUT2D eigenvalue weighted by Crippen LogP contribution is -2.32. The molecule has 0 saturated heterocycles. The summed E-state index contributed by atoms with van der Waals surface area (Å²) in [5.41, 5.74) is -1.10. The van der Waals surface area contributed by atoms with Crippen molar-refractivity contribution in [2.24, 2.45) is 0 Å². The van der Waals surface area contributed by atoms with E-state index in [1.807, 2.05) is 0 Å². The molecule has 0 aliphatic heterocycles. The summed E-state index contributed by atoms with van der Waals surface area (Å²) in [5, 5.41) is 10.2. The molecule has 0 rings (SSSR count). The van der Waals surface area contributed by atoms with Gasteiger partial charge in [-0.05, 0) is 33.5 Å². The van der Waals surface area contributed by atoms with E-state index in [0.717, 1.165) is 0 Å². The predicted molar refractivity (Wildman–Crippen MR) is 60.3 cm³/mol. The summed E-state index contributed by atoms with van der Waals surface area (Å²) in [7, 11) is 0. The Kier molecular flexibility index (Phi) is 2.19. The number of aliphatic carboxylic acids is 1. The fourth-order valence-corrected chi connectivity index (χ4v) is 0.533. The second-order valence-corrected chi connectivity index (χ2v) is 3.56. The van der Waals surface area contributed by atoms with Gasteiger partial charge in [-0.15, -0.1) is 0 Å². The van der Waals surface area contributed by atoms with Crippen LogP contribution >= 0.6 is 0 Å². The number of hydrogen-bond acceptors (Lipinski definition) is 3. The molecule has 0 aromatic heterocycles. The Labute approximate surface area is 110 Å². The van der Waals surface area contributed by atoms with Crippen LogP contribution in [0.3, 0.4) is 0 Å². The molecule has 0 fully saturated rings. The highest BCUT2D eigenvalue weighted by molar-refractivity contribution is 5.67. The fraction of sp³-hybridized carbons (Fsp3) is 0.818. The Morgan fingerprint density at radius 2 is 1.94 bits per heavy atom. The van der Waals surface area contributed by atoms with Crippen LogP contribution in [0.1, 0.15) is 60.0 Å². The van der Waals surface area contributed by atoms with Gasteiger partial charge in [0.05, 0.1) is 0 Å². The molecule has 0 bridgehead atoms. The summed E-state index contributed by atoms with van der Waals surface area (Å²) in [5.74, 6) is -2.40. The first kappa shape index (κ1) is 4.94. The van der Waals surface area contributed by atoms with Gasteiger partial charge in [-0.25, -0.2) is 4.79 Å². The highest BCUT2D eigenvalue weighted by atomic mass is 16.6. The maximum atomic E-state index is 11.7. The van der Waals surface area contributed by atoms with Crippen LogP contribution in [-0.4, -0.2) is 29.3 Å². The van der Waals surface area contributed by atoms with Crippen molar-refractivity contribution in [2.75, 3.05) is 6.50 Å². The minimum Gasteiger partial charge on any atom is -0.481 e. The molecule has 0 unspecified atom stereocenters. The number of carboxylic acids is 1. The second kappa shape index (κ2) is 7.09. The third-order valence-corrected chi connectivity index (χ3v) is 0.920. The fourth-order valence-electron chi connectivity index (χ4n) is 0.533. The van der Waals surface area contributed by atoms with Gasteiger partial charge in [-0.3, -0.25) is 4.79 Å². The van der Waals surface area contributed by atoms with Crippen LogP contribution in [0, 0.1) is 0 Å². The molecule has 94 valence electrons. The van der Waals surface area contributed by atoms with Crippen molar-refractivity contribution in [1.29, 1.82) is 0 Å². The number of carbonyl (C=O) groups is 2. The van der Waals surface area contributed by atoms with Gasteiger partial charge < -0.3 is 15.2 Å². The van der Waals surface area contributed by atoms with Crippen LogP contribution in [0.4, 0.5) is 4.79 Å². The number of carbonyl (C=O) groups excluding carboxylic acids is 1. The molecular formula is C11H21NO4. The minimum atomic E-state index is -4.03. The molecular weight excluding hydrogens is 210 g/mol. The van der Waals surface area contributed by atoms with E-state index >= 15 is 0 Å². The first-order chi connectivity index (χ1) is 11.0. The Morgan fingerprint density at radius 3 is 2.44 bits per heavy atom. The first-order valence-electron chi connectivity index (χ1n) is 9.29. The van der Waals surface area contributed by atoms with Crippen molar-refractivity contribution in [3.63, 3.8) is 0 Å². The lowest BCUT2D eigenvalue weighted by Gasteiger charge is -2.19. The summed E-state index contributed by atoms with van der Waals surface area (Å²) in [4.78, 5) is 22.6. The zero-order chi connectivity index (χ0) is 21.6. The molecule has 0 aliphatic carbocycles. The van der Waals surface area contributed by atoms with Gasteiger partial charge in [0.1, 0.15) is 5.60 Å². The molecule has 0 heterocycles. The van der Waals surface area contributed by atoms with Crippen LogP contribution in [-0.2, 0) is 9.53 Å². The summed E-state index contributed by atoms with van der Waals surface area (Å²) in [6, 6.07) is 0. The van der Waals surface area contributed by atoms with E-state index in [-0.39, 0.29) is 0 Å². The number of amides is 1. The van der Waals surface area contributed by atoms with E-state index in [0.29, 0.717) is 0 Å². The zero-order valence-electron chi connectivity index (χ0n) is 19.2. The van der Waals surface area contributed by atoms with Gasteiger partial charge >= 0.3 is 12.1 Å². The predicted octanol–water partition coefficient (Wildman–Crippen LogP) is 2.16. The van der Waals surface area contributed by atoms with E-state index in [9.17, 15) is 9.59 Å².